The molecule has 0 atom stereocenters. The molecule has 0 radical (unpaired) electrons. The third-order valence-electron chi connectivity index (χ3n) is 4.06. The smallest absolute Gasteiger partial charge is 0.272 e. The van der Waals surface area contributed by atoms with Crippen LogP contribution in [0.3, 0.4) is 0 Å². The van der Waals surface area contributed by atoms with E-state index < -0.39 is 0 Å². The molecule has 0 aliphatic rings. The molecular weight excluding hydrogens is 406 g/mol. The molecule has 8 heteroatoms. The maximum atomic E-state index is 12.5. The van der Waals surface area contributed by atoms with Crippen molar-refractivity contribution >= 4 is 35.3 Å². The van der Waals surface area contributed by atoms with Crippen molar-refractivity contribution in [2.24, 2.45) is 0 Å². The van der Waals surface area contributed by atoms with Gasteiger partial charge in [0.15, 0.2) is 0 Å². The van der Waals surface area contributed by atoms with Crippen LogP contribution >= 0.6 is 23.1 Å². The number of H-pyrrole nitrogens is 2. The fraction of sp³-hybridized carbons (Fsp3) is 0.238. The largest absolute Gasteiger partial charge is 0.497 e. The number of nitrogens with one attached hydrogen (secondary N) is 2. The van der Waals surface area contributed by atoms with Crippen molar-refractivity contribution < 1.29 is 4.74 Å². The summed E-state index contributed by atoms with van der Waals surface area (Å²) in [7, 11) is 5.67. The zero-order valence-electron chi connectivity index (χ0n) is 16.5. The molecule has 0 spiro atoms. The van der Waals surface area contributed by atoms with Crippen LogP contribution in [0, 0.1) is 0 Å². The standard InChI is InChI=1S/C21H23N3O3S2/c1-24(2)9-10-28-19-8-7-16(29-19)13-18-21(26)22-17(20(25)23-18)12-14-5-4-6-15(11-14)27-3/h4-8,11-13H,9-10H2,1-3H3,(H,22,26)(H,23,25). The summed E-state index contributed by atoms with van der Waals surface area (Å²) in [4.78, 5) is 33.3. The van der Waals surface area contributed by atoms with Crippen LogP contribution in [0.25, 0.3) is 12.2 Å². The van der Waals surface area contributed by atoms with Gasteiger partial charge in [0.25, 0.3) is 11.1 Å². The number of aromatic nitrogens is 2. The molecule has 2 heterocycles. The van der Waals surface area contributed by atoms with E-state index in [9.17, 15) is 9.59 Å². The third-order valence-corrected chi connectivity index (χ3v) is 6.30. The molecule has 3 aromatic rings. The number of aromatic amines is 2. The second-order valence-corrected chi connectivity index (χ2v) is 9.12. The predicted molar refractivity (Wildman–Crippen MR) is 121 cm³/mol. The minimum absolute atomic E-state index is 0.200. The zero-order chi connectivity index (χ0) is 20.8. The molecule has 0 bridgehead atoms. The van der Waals surface area contributed by atoms with Gasteiger partial charge in [0.05, 0.1) is 11.3 Å². The highest BCUT2D eigenvalue weighted by molar-refractivity contribution is 8.01. The Morgan fingerprint density at radius 3 is 2.48 bits per heavy atom. The van der Waals surface area contributed by atoms with Crippen LogP contribution in [-0.2, 0) is 0 Å². The first-order valence-corrected chi connectivity index (χ1v) is 10.8. The van der Waals surface area contributed by atoms with Crippen LogP contribution in [0.2, 0.25) is 0 Å². The SMILES string of the molecule is COc1cccc(C=c2[nH]c(=O)c(=Cc3ccc(SCCN(C)C)s3)[nH]c2=O)c1. The highest BCUT2D eigenvalue weighted by Crippen LogP contribution is 2.27. The van der Waals surface area contributed by atoms with E-state index >= 15 is 0 Å². The van der Waals surface area contributed by atoms with Crippen LogP contribution in [0.1, 0.15) is 10.4 Å². The van der Waals surface area contributed by atoms with Crippen LogP contribution < -0.4 is 26.6 Å². The number of thiophene rings is 1. The predicted octanol–water partition coefficient (Wildman–Crippen LogP) is 1.44. The monoisotopic (exact) mass is 429 g/mol. The molecule has 6 nitrogen and oxygen atoms in total. The van der Waals surface area contributed by atoms with Gasteiger partial charge in [0.2, 0.25) is 0 Å². The van der Waals surface area contributed by atoms with E-state index in [1.54, 1.807) is 48.4 Å². The molecule has 0 unspecified atom stereocenters. The lowest BCUT2D eigenvalue weighted by Crippen LogP contribution is -2.46. The average molecular weight is 430 g/mol. The molecule has 2 aromatic heterocycles. The first-order valence-electron chi connectivity index (χ1n) is 9.02. The van der Waals surface area contributed by atoms with Crippen LogP contribution in [0.4, 0.5) is 0 Å². The third kappa shape index (κ3) is 5.96. The summed E-state index contributed by atoms with van der Waals surface area (Å²) in [5, 5.41) is 0.441. The van der Waals surface area contributed by atoms with E-state index in [0.29, 0.717) is 5.75 Å². The number of ether oxygens (including phenoxy) is 1. The number of thioether (sulfide) groups is 1. The van der Waals surface area contributed by atoms with Gasteiger partial charge in [-0.2, -0.15) is 0 Å². The first-order chi connectivity index (χ1) is 13.9. The molecule has 3 rings (SSSR count). The Labute approximate surface area is 176 Å². The normalized spacial score (nSPS) is 12.7. The van der Waals surface area contributed by atoms with Gasteiger partial charge in [-0.3, -0.25) is 9.59 Å². The minimum Gasteiger partial charge on any atom is -0.497 e. The van der Waals surface area contributed by atoms with Gasteiger partial charge in [-0.25, -0.2) is 0 Å². The molecule has 0 aliphatic heterocycles. The van der Waals surface area contributed by atoms with E-state index in [2.05, 4.69) is 14.9 Å². The fourth-order valence-electron chi connectivity index (χ4n) is 2.55. The Kier molecular flexibility index (Phi) is 7.13. The molecule has 0 saturated carbocycles. The molecule has 0 fully saturated rings. The number of nitrogens with zero attached hydrogens (tertiary/aromatic N) is 1. The summed E-state index contributed by atoms with van der Waals surface area (Å²) in [5.74, 6) is 1.68. The number of hydrogen-bond donors (Lipinski definition) is 2. The van der Waals surface area contributed by atoms with Gasteiger partial charge in [-0.1, -0.05) is 12.1 Å². The van der Waals surface area contributed by atoms with Gasteiger partial charge in [0, 0.05) is 17.2 Å². The Morgan fingerprint density at radius 1 is 1.07 bits per heavy atom. The Hall–Kier alpha value is -2.55. The summed E-state index contributed by atoms with van der Waals surface area (Å²) >= 11 is 3.38. The minimum atomic E-state index is -0.351. The van der Waals surface area contributed by atoms with Crippen LogP contribution in [0.15, 0.2) is 50.2 Å². The Bertz CT molecular complexity index is 1210. The average Bonchev–Trinajstić information content (AvgIpc) is 3.13. The Morgan fingerprint density at radius 2 is 1.79 bits per heavy atom. The summed E-state index contributed by atoms with van der Waals surface area (Å²) < 4.78 is 6.36. The van der Waals surface area contributed by atoms with Crippen molar-refractivity contribution in [2.75, 3.05) is 33.5 Å². The van der Waals surface area contributed by atoms with Gasteiger partial charge < -0.3 is 19.6 Å². The van der Waals surface area contributed by atoms with Gasteiger partial charge in [-0.05, 0) is 56.1 Å². The van der Waals surface area contributed by atoms with Crippen LogP contribution in [0.5, 0.6) is 5.75 Å². The highest BCUT2D eigenvalue weighted by atomic mass is 32.2. The summed E-state index contributed by atoms with van der Waals surface area (Å²) in [5.41, 5.74) is 0.0737. The molecule has 0 saturated heterocycles. The van der Waals surface area contributed by atoms with Crippen molar-refractivity contribution in [1.29, 1.82) is 0 Å². The molecule has 0 aliphatic carbocycles. The molecular formula is C21H23N3O3S2. The summed E-state index contributed by atoms with van der Waals surface area (Å²) in [6.45, 7) is 1.000. The fourth-order valence-corrected chi connectivity index (χ4v) is 4.83. The molecule has 1 aromatic carbocycles. The van der Waals surface area contributed by atoms with Gasteiger partial charge in [0.1, 0.15) is 16.4 Å². The van der Waals surface area contributed by atoms with Gasteiger partial charge >= 0.3 is 0 Å². The van der Waals surface area contributed by atoms with E-state index in [0.717, 1.165) is 22.7 Å². The van der Waals surface area contributed by atoms with Gasteiger partial charge in [-0.15, -0.1) is 23.1 Å². The first kappa shape index (κ1) is 21.2. The second kappa shape index (κ2) is 9.78. The number of rotatable bonds is 7. The lowest BCUT2D eigenvalue weighted by Gasteiger charge is -2.07. The summed E-state index contributed by atoms with van der Waals surface area (Å²) in [6, 6.07) is 11.3. The van der Waals surface area contributed by atoms with E-state index in [1.807, 2.05) is 44.4 Å². The van der Waals surface area contributed by atoms with E-state index in [-0.39, 0.29) is 21.8 Å². The van der Waals surface area contributed by atoms with E-state index in [1.165, 1.54) is 4.21 Å². The molecule has 29 heavy (non-hydrogen) atoms. The van der Waals surface area contributed by atoms with Crippen LogP contribution in [-0.4, -0.2) is 48.4 Å². The van der Waals surface area contributed by atoms with E-state index in [4.69, 9.17) is 4.74 Å². The zero-order valence-corrected chi connectivity index (χ0v) is 18.2. The Balaban J connectivity index is 1.88. The topological polar surface area (TPSA) is 78.2 Å². The maximum Gasteiger partial charge on any atom is 0.272 e. The second-order valence-electron chi connectivity index (χ2n) is 6.61. The molecule has 152 valence electrons. The summed E-state index contributed by atoms with van der Waals surface area (Å²) in [6.07, 6.45) is 3.33. The lowest BCUT2D eigenvalue weighted by atomic mass is 10.2. The number of methoxy groups -OCH3 is 1. The molecule has 2 N–H and O–H groups in total. The van der Waals surface area contributed by atoms with Crippen molar-refractivity contribution in [3.63, 3.8) is 0 Å². The number of benzene rings is 1. The van der Waals surface area contributed by atoms with Crippen molar-refractivity contribution in [1.82, 2.24) is 14.9 Å². The highest BCUT2D eigenvalue weighted by Gasteiger charge is 2.02. The maximum absolute atomic E-state index is 12.5. The lowest BCUT2D eigenvalue weighted by molar-refractivity contribution is 0.414. The van der Waals surface area contributed by atoms with Crippen molar-refractivity contribution in [3.8, 4) is 5.75 Å². The quantitative estimate of drug-likeness (QED) is 0.556. The number of hydrogen-bond acceptors (Lipinski definition) is 6. The van der Waals surface area contributed by atoms with Crippen molar-refractivity contribution in [3.05, 3.63) is 78.2 Å². The molecule has 0 amide bonds. The van der Waals surface area contributed by atoms with Crippen molar-refractivity contribution in [2.45, 2.75) is 4.21 Å².